The van der Waals surface area contributed by atoms with Crippen molar-refractivity contribution < 1.29 is 30.5 Å². The smallest absolute Gasteiger partial charge is 0.497 e. The fourth-order valence-electron chi connectivity index (χ4n) is 4.14. The summed E-state index contributed by atoms with van der Waals surface area (Å²) in [5, 5.41) is 0.00129. The Hall–Kier alpha value is -4.32. The first-order valence-corrected chi connectivity index (χ1v) is 14.7. The maximum Gasteiger partial charge on any atom is 0.534 e. The van der Waals surface area contributed by atoms with Crippen molar-refractivity contribution in [3.05, 3.63) is 88.2 Å². The van der Waals surface area contributed by atoms with Crippen LogP contribution >= 0.6 is 0 Å². The fourth-order valence-corrected chi connectivity index (χ4v) is 4.62. The first-order valence-electron chi connectivity index (χ1n) is 13.2. The second-order valence-electron chi connectivity index (χ2n) is 8.55. The van der Waals surface area contributed by atoms with Crippen LogP contribution in [0.2, 0.25) is 0 Å². The Morgan fingerprint density at radius 1 is 0.952 bits per heavy atom. The van der Waals surface area contributed by atoms with Crippen molar-refractivity contribution in [3.8, 4) is 22.9 Å². The van der Waals surface area contributed by atoms with Gasteiger partial charge in [0, 0.05) is 5.39 Å². The molecular formula is C30H32F3N3O5S. The van der Waals surface area contributed by atoms with Crippen molar-refractivity contribution >= 4 is 32.1 Å². The van der Waals surface area contributed by atoms with Gasteiger partial charge in [0.25, 0.3) is 5.56 Å². The number of fused-ring (bicyclic) bond motifs is 2. The highest BCUT2D eigenvalue weighted by atomic mass is 32.2. The number of methoxy groups -OCH3 is 1. The lowest BCUT2D eigenvalue weighted by Gasteiger charge is -2.18. The van der Waals surface area contributed by atoms with E-state index in [4.69, 9.17) is 4.74 Å². The number of hydrogen-bond acceptors (Lipinski definition) is 6. The summed E-state index contributed by atoms with van der Waals surface area (Å²) in [6.45, 7) is 9.71. The van der Waals surface area contributed by atoms with Gasteiger partial charge in [-0.3, -0.25) is 4.79 Å². The molecule has 0 bridgehead atoms. The van der Waals surface area contributed by atoms with Gasteiger partial charge in [-0.05, 0) is 48.9 Å². The Morgan fingerprint density at radius 2 is 1.60 bits per heavy atom. The minimum atomic E-state index is -6.12. The third kappa shape index (κ3) is 6.43. The van der Waals surface area contributed by atoms with Crippen molar-refractivity contribution in [1.29, 1.82) is 0 Å². The molecule has 42 heavy (non-hydrogen) atoms. The van der Waals surface area contributed by atoms with Gasteiger partial charge >= 0.3 is 15.6 Å². The van der Waals surface area contributed by atoms with Crippen LogP contribution in [0.5, 0.6) is 11.5 Å². The molecule has 1 N–H and O–H groups in total. The molecule has 0 spiro atoms. The highest BCUT2D eigenvalue weighted by Gasteiger charge is 2.49. The number of aromatic nitrogens is 3. The summed E-state index contributed by atoms with van der Waals surface area (Å²) in [5.74, 6) is -0.280. The number of nitrogens with one attached hydrogen (secondary N) is 1. The minimum Gasteiger partial charge on any atom is -0.497 e. The number of nitrogens with zero attached hydrogens (tertiary/aromatic N) is 2. The van der Waals surface area contributed by atoms with Crippen molar-refractivity contribution in [2.45, 2.75) is 46.7 Å². The number of aromatic amines is 1. The first kappa shape index (κ1) is 32.2. The summed E-state index contributed by atoms with van der Waals surface area (Å²) in [5.41, 5.74) is -4.53. The summed E-state index contributed by atoms with van der Waals surface area (Å²) < 4.78 is 75.7. The average molecular weight is 604 g/mol. The molecule has 0 amide bonds. The fraction of sp³-hybridized carbons (Fsp3) is 0.267. The van der Waals surface area contributed by atoms with Gasteiger partial charge in [0.1, 0.15) is 17.1 Å². The topological polar surface area (TPSA) is 103 Å². The van der Waals surface area contributed by atoms with Gasteiger partial charge < -0.3 is 18.5 Å². The molecule has 12 heteroatoms. The van der Waals surface area contributed by atoms with Crippen molar-refractivity contribution in [2.24, 2.45) is 0 Å². The van der Waals surface area contributed by atoms with E-state index < -0.39 is 32.5 Å². The summed E-state index contributed by atoms with van der Waals surface area (Å²) in [6.07, 6.45) is 0. The number of pyridine rings is 1. The average Bonchev–Trinajstić information content (AvgIpc) is 3.41. The van der Waals surface area contributed by atoms with Crippen LogP contribution in [0.3, 0.4) is 0 Å². The van der Waals surface area contributed by atoms with Gasteiger partial charge in [-0.2, -0.15) is 21.6 Å². The molecule has 0 radical (unpaired) electrons. The zero-order chi connectivity index (χ0) is 31.2. The number of alkyl halides is 3. The molecule has 0 fully saturated rings. The van der Waals surface area contributed by atoms with E-state index in [1.165, 1.54) is 23.8 Å². The third-order valence-corrected chi connectivity index (χ3v) is 6.93. The molecule has 2 aromatic heterocycles. The summed E-state index contributed by atoms with van der Waals surface area (Å²) >= 11 is 0. The second-order valence-corrected chi connectivity index (χ2v) is 10.1. The van der Waals surface area contributed by atoms with E-state index in [0.717, 1.165) is 0 Å². The summed E-state index contributed by atoms with van der Waals surface area (Å²) in [6, 6.07) is 18.3. The Balaban J connectivity index is 0.00000116. The number of imidazole rings is 1. The molecule has 5 rings (SSSR count). The van der Waals surface area contributed by atoms with Crippen LogP contribution in [0.15, 0.2) is 71.5 Å². The predicted octanol–water partition coefficient (Wildman–Crippen LogP) is 7.19. The van der Waals surface area contributed by atoms with Crippen LogP contribution in [-0.2, 0) is 16.7 Å². The van der Waals surface area contributed by atoms with Crippen LogP contribution in [0.1, 0.15) is 38.8 Å². The Bertz CT molecular complexity index is 1810. The van der Waals surface area contributed by atoms with E-state index in [-0.39, 0.29) is 23.3 Å². The van der Waals surface area contributed by atoms with Crippen molar-refractivity contribution in [2.75, 3.05) is 7.11 Å². The van der Waals surface area contributed by atoms with Crippen LogP contribution < -0.4 is 14.5 Å². The van der Waals surface area contributed by atoms with E-state index in [1.54, 1.807) is 61.5 Å². The maximum absolute atomic E-state index is 14.0. The quantitative estimate of drug-likeness (QED) is 0.163. The molecule has 0 saturated carbocycles. The lowest BCUT2D eigenvalue weighted by Crippen LogP contribution is -2.30. The Kier molecular flexibility index (Phi) is 10.1. The van der Waals surface area contributed by atoms with Gasteiger partial charge in [-0.1, -0.05) is 63.6 Å². The number of H-pyrrole nitrogens is 1. The van der Waals surface area contributed by atoms with Gasteiger partial charge in [0.15, 0.2) is 5.75 Å². The van der Waals surface area contributed by atoms with Gasteiger partial charge in [0.2, 0.25) is 0 Å². The molecule has 0 atom stereocenters. The van der Waals surface area contributed by atoms with E-state index in [0.29, 0.717) is 27.9 Å². The van der Waals surface area contributed by atoms with Gasteiger partial charge in [0.05, 0.1) is 30.2 Å². The highest BCUT2D eigenvalue weighted by molar-refractivity contribution is 7.88. The minimum absolute atomic E-state index is 0.00129. The monoisotopic (exact) mass is 603 g/mol. The third-order valence-electron chi connectivity index (χ3n) is 5.98. The molecule has 224 valence electrons. The second kappa shape index (κ2) is 13.1. The number of para-hydroxylation sites is 2. The van der Waals surface area contributed by atoms with Crippen molar-refractivity contribution in [1.82, 2.24) is 14.5 Å². The van der Waals surface area contributed by atoms with Crippen LogP contribution in [0.25, 0.3) is 33.3 Å². The maximum atomic E-state index is 14.0. The normalized spacial score (nSPS) is 11.4. The lowest BCUT2D eigenvalue weighted by atomic mass is 10.1. The van der Waals surface area contributed by atoms with Crippen LogP contribution in [0.4, 0.5) is 13.2 Å². The van der Waals surface area contributed by atoms with Crippen LogP contribution in [-0.4, -0.2) is 35.6 Å². The summed E-state index contributed by atoms with van der Waals surface area (Å²) in [7, 11) is -4.60. The number of halogens is 3. The van der Waals surface area contributed by atoms with E-state index in [9.17, 15) is 26.4 Å². The number of aryl methyl sites for hydroxylation is 1. The Morgan fingerprint density at radius 3 is 2.19 bits per heavy atom. The van der Waals surface area contributed by atoms with Crippen LogP contribution in [0, 0.1) is 6.92 Å². The first-order chi connectivity index (χ1) is 20.0. The number of rotatable bonds is 6. The van der Waals surface area contributed by atoms with E-state index in [2.05, 4.69) is 14.2 Å². The zero-order valence-corrected chi connectivity index (χ0v) is 24.9. The van der Waals surface area contributed by atoms with Crippen molar-refractivity contribution in [3.63, 3.8) is 0 Å². The molecule has 2 heterocycles. The summed E-state index contributed by atoms with van der Waals surface area (Å²) in [4.78, 5) is 21.2. The molecule has 0 saturated heterocycles. The largest absolute Gasteiger partial charge is 0.534 e. The number of benzene rings is 3. The van der Waals surface area contributed by atoms with Gasteiger partial charge in [-0.15, -0.1) is 0 Å². The highest BCUT2D eigenvalue weighted by Crippen LogP contribution is 2.38. The number of ether oxygens (including phenoxy) is 1. The predicted molar refractivity (Wildman–Crippen MR) is 158 cm³/mol. The van der Waals surface area contributed by atoms with E-state index in [1.807, 2.05) is 27.7 Å². The molecular weight excluding hydrogens is 571 g/mol. The van der Waals surface area contributed by atoms with Gasteiger partial charge in [-0.25, -0.2) is 4.98 Å². The molecule has 8 nitrogen and oxygen atoms in total. The lowest BCUT2D eigenvalue weighted by molar-refractivity contribution is -0.0499. The standard InChI is InChI=1S/C26H20F3N3O5S.2C2H6/c1-15-7-12-21-18(13-15)23(37-38(34,35)26(27,28)29)22(24-30-19-5-3-4-6-20(19)31-24)25(33)32(21)14-16-8-10-17(36-2)11-9-16;2*1-2/h3-13H,14H2,1-2H3,(H,30,31);2*1-2H3. The SMILES string of the molecule is CC.CC.COc1ccc(Cn2c(=O)c(-c3nc4ccccc4[nH]3)c(OS(=O)(=O)C(F)(F)F)c3cc(C)ccc32)cc1. The Labute approximate surface area is 241 Å². The molecule has 5 aromatic rings. The number of hydrogen-bond donors (Lipinski definition) is 1. The molecule has 0 aliphatic heterocycles. The molecule has 3 aromatic carbocycles. The molecule has 0 unspecified atom stereocenters. The van der Waals surface area contributed by atoms with E-state index >= 15 is 0 Å². The molecule has 0 aliphatic carbocycles. The zero-order valence-electron chi connectivity index (χ0n) is 24.0. The molecule has 0 aliphatic rings.